The van der Waals surface area contributed by atoms with Crippen LogP contribution in [0.5, 0.6) is 0 Å². The molecule has 1 aromatic carbocycles. The van der Waals surface area contributed by atoms with Gasteiger partial charge in [-0.2, -0.15) is 31.4 Å². The van der Waals surface area contributed by atoms with Crippen LogP contribution >= 0.6 is 0 Å². The molecule has 3 atom stereocenters. The van der Waals surface area contributed by atoms with Crippen LogP contribution in [-0.2, 0) is 28.4 Å². The zero-order chi connectivity index (χ0) is 32.7. The molecule has 16 heteroatoms. The van der Waals surface area contributed by atoms with Crippen molar-refractivity contribution < 1.29 is 45.8 Å². The molecular formula is C29H32F6N6O4. The number of benzene rings is 1. The van der Waals surface area contributed by atoms with Crippen LogP contribution in [0.15, 0.2) is 35.7 Å². The van der Waals surface area contributed by atoms with E-state index in [1.807, 2.05) is 6.92 Å². The number of likely N-dealkylation sites (tertiary alicyclic amines) is 1. The smallest absolute Gasteiger partial charge is 0.416 e. The lowest BCUT2D eigenvalue weighted by atomic mass is 9.82. The fourth-order valence-corrected chi connectivity index (χ4v) is 5.91. The molecule has 1 saturated carbocycles. The van der Waals surface area contributed by atoms with Gasteiger partial charge in [-0.15, -0.1) is 0 Å². The van der Waals surface area contributed by atoms with Crippen LogP contribution in [0.2, 0.25) is 0 Å². The van der Waals surface area contributed by atoms with E-state index in [4.69, 9.17) is 9.84 Å². The lowest BCUT2D eigenvalue weighted by molar-refractivity contribution is -0.149. The van der Waals surface area contributed by atoms with Gasteiger partial charge in [0.05, 0.1) is 23.1 Å². The molecule has 2 fully saturated rings. The largest absolute Gasteiger partial charge is 0.481 e. The third kappa shape index (κ3) is 7.25. The Morgan fingerprint density at radius 2 is 1.62 bits per heavy atom. The van der Waals surface area contributed by atoms with Crippen molar-refractivity contribution in [2.24, 2.45) is 11.0 Å². The SMILES string of the molecule is CC[C@@H]1C[C@H](N(Cc2cc(C(F)(F)F)cc(C(F)(F)F)c2)c2ncc(C3C=NN(C)C3)cn2)CN1C(=O)OC1CC(C(=O)O)C1. The summed E-state index contributed by atoms with van der Waals surface area (Å²) in [6, 6.07) is 0.501. The van der Waals surface area contributed by atoms with E-state index in [0.29, 0.717) is 31.5 Å². The van der Waals surface area contributed by atoms with Crippen molar-refractivity contribution in [2.75, 3.05) is 25.0 Å². The van der Waals surface area contributed by atoms with Crippen LogP contribution in [-0.4, -0.2) is 81.6 Å². The van der Waals surface area contributed by atoms with E-state index in [9.17, 15) is 35.9 Å². The summed E-state index contributed by atoms with van der Waals surface area (Å²) in [7, 11) is 1.80. The van der Waals surface area contributed by atoms with Crippen molar-refractivity contribution in [3.8, 4) is 0 Å². The van der Waals surface area contributed by atoms with Crippen molar-refractivity contribution in [3.63, 3.8) is 0 Å². The molecule has 244 valence electrons. The van der Waals surface area contributed by atoms with Gasteiger partial charge in [0.25, 0.3) is 0 Å². The van der Waals surface area contributed by atoms with E-state index < -0.39 is 60.2 Å². The van der Waals surface area contributed by atoms with Gasteiger partial charge in [-0.3, -0.25) is 9.80 Å². The maximum absolute atomic E-state index is 13.7. The number of aromatic nitrogens is 2. The summed E-state index contributed by atoms with van der Waals surface area (Å²) >= 11 is 0. The van der Waals surface area contributed by atoms with Crippen LogP contribution in [0, 0.1) is 5.92 Å². The molecule has 1 amide bonds. The van der Waals surface area contributed by atoms with E-state index in [-0.39, 0.29) is 48.9 Å². The van der Waals surface area contributed by atoms with Crippen molar-refractivity contribution >= 4 is 24.2 Å². The number of likely N-dealkylation sites (N-methyl/N-ethyl adjacent to an activating group) is 1. The summed E-state index contributed by atoms with van der Waals surface area (Å²) in [6.07, 6.45) is -5.20. The number of amides is 1. The number of hydrazone groups is 1. The number of alkyl halides is 6. The summed E-state index contributed by atoms with van der Waals surface area (Å²) in [5, 5.41) is 15.0. The van der Waals surface area contributed by atoms with Crippen molar-refractivity contribution in [1.82, 2.24) is 19.9 Å². The van der Waals surface area contributed by atoms with Crippen molar-refractivity contribution in [1.29, 1.82) is 0 Å². The van der Waals surface area contributed by atoms with Gasteiger partial charge in [0.2, 0.25) is 5.95 Å². The van der Waals surface area contributed by atoms with Gasteiger partial charge in [-0.1, -0.05) is 6.92 Å². The van der Waals surface area contributed by atoms with E-state index in [0.717, 1.165) is 5.56 Å². The minimum absolute atomic E-state index is 0.0443. The highest BCUT2D eigenvalue weighted by atomic mass is 19.4. The molecule has 3 heterocycles. The second-order valence-electron chi connectivity index (χ2n) is 11.7. The molecule has 2 aliphatic heterocycles. The Hall–Kier alpha value is -4.11. The molecular weight excluding hydrogens is 610 g/mol. The second-order valence-corrected chi connectivity index (χ2v) is 11.7. The standard InChI is InChI=1S/C29H32F6N6O4/c1-3-22-9-23(15-41(22)27(44)45-24-6-17(7-24)25(42)43)40(26-36-10-18(11-37-26)19-12-38-39(2)14-19)13-16-4-20(28(30,31)32)8-21(5-16)29(33,34)35/h4-5,8,10-12,17,19,22-24H,3,6-7,9,13-15H2,1-2H3,(H,42,43)/t17?,19?,22-,23+,24?/m1/s1. The molecule has 0 spiro atoms. The molecule has 1 aromatic heterocycles. The summed E-state index contributed by atoms with van der Waals surface area (Å²) < 4.78 is 87.4. The maximum Gasteiger partial charge on any atom is 0.416 e. The molecule has 0 radical (unpaired) electrons. The summed E-state index contributed by atoms with van der Waals surface area (Å²) in [5.41, 5.74) is -2.39. The summed E-state index contributed by atoms with van der Waals surface area (Å²) in [6.45, 7) is 2.08. The molecule has 10 nitrogen and oxygen atoms in total. The Morgan fingerprint density at radius 3 is 2.13 bits per heavy atom. The number of aliphatic carboxylic acids is 1. The Bertz CT molecular complexity index is 1400. The number of halogens is 6. The number of carbonyl (C=O) groups excluding carboxylic acids is 1. The molecule has 1 N–H and O–H groups in total. The van der Waals surface area contributed by atoms with Crippen LogP contribution in [0.3, 0.4) is 0 Å². The molecule has 0 bridgehead atoms. The molecule has 1 unspecified atom stereocenters. The van der Waals surface area contributed by atoms with Gasteiger partial charge in [-0.25, -0.2) is 14.8 Å². The average molecular weight is 643 g/mol. The number of nitrogens with zero attached hydrogens (tertiary/aromatic N) is 6. The van der Waals surface area contributed by atoms with Crippen LogP contribution in [0.1, 0.15) is 60.8 Å². The Kier molecular flexibility index (Phi) is 8.86. The molecule has 1 saturated heterocycles. The Balaban J connectivity index is 1.44. The number of hydrogen-bond donors (Lipinski definition) is 1. The molecule has 45 heavy (non-hydrogen) atoms. The highest BCUT2D eigenvalue weighted by molar-refractivity contribution is 5.73. The quantitative estimate of drug-likeness (QED) is 0.382. The number of rotatable bonds is 8. The lowest BCUT2D eigenvalue weighted by Gasteiger charge is -2.34. The number of carboxylic acids is 1. The first-order valence-corrected chi connectivity index (χ1v) is 14.4. The van der Waals surface area contributed by atoms with Crippen LogP contribution < -0.4 is 4.90 Å². The minimum atomic E-state index is -5.02. The third-order valence-corrected chi connectivity index (χ3v) is 8.50. The lowest BCUT2D eigenvalue weighted by Crippen LogP contribution is -2.44. The number of hydrogen-bond acceptors (Lipinski definition) is 8. The number of carboxylic acid groups (broad SMARTS) is 1. The molecule has 1 aliphatic carbocycles. The number of ether oxygens (including phenoxy) is 1. The van der Waals surface area contributed by atoms with Crippen molar-refractivity contribution in [3.05, 3.63) is 52.8 Å². The van der Waals surface area contributed by atoms with Gasteiger partial charge in [0, 0.05) is 57.2 Å². The van der Waals surface area contributed by atoms with E-state index in [2.05, 4.69) is 15.1 Å². The van der Waals surface area contributed by atoms with Gasteiger partial charge >= 0.3 is 24.4 Å². The zero-order valence-corrected chi connectivity index (χ0v) is 24.4. The van der Waals surface area contributed by atoms with E-state index in [1.54, 1.807) is 30.7 Å². The van der Waals surface area contributed by atoms with E-state index >= 15 is 0 Å². The monoisotopic (exact) mass is 642 g/mol. The fourth-order valence-electron chi connectivity index (χ4n) is 5.91. The van der Waals surface area contributed by atoms with Crippen LogP contribution in [0.25, 0.3) is 0 Å². The van der Waals surface area contributed by atoms with Gasteiger partial charge in [0.1, 0.15) is 6.10 Å². The fraction of sp³-hybridized carbons (Fsp3) is 0.552. The first kappa shape index (κ1) is 32.3. The highest BCUT2D eigenvalue weighted by Crippen LogP contribution is 2.38. The predicted molar refractivity (Wildman–Crippen MR) is 148 cm³/mol. The van der Waals surface area contributed by atoms with Gasteiger partial charge in [-0.05, 0) is 55.0 Å². The first-order valence-electron chi connectivity index (χ1n) is 14.4. The molecule has 3 aliphatic rings. The first-order chi connectivity index (χ1) is 21.1. The minimum Gasteiger partial charge on any atom is -0.481 e. The molecule has 5 rings (SSSR count). The Morgan fingerprint density at radius 1 is 1.00 bits per heavy atom. The zero-order valence-electron chi connectivity index (χ0n) is 24.4. The number of carbonyl (C=O) groups is 2. The Labute approximate surface area is 254 Å². The third-order valence-electron chi connectivity index (χ3n) is 8.50. The van der Waals surface area contributed by atoms with Gasteiger partial charge in [0.15, 0.2) is 0 Å². The van der Waals surface area contributed by atoms with E-state index in [1.165, 1.54) is 9.80 Å². The predicted octanol–water partition coefficient (Wildman–Crippen LogP) is 5.39. The van der Waals surface area contributed by atoms with Gasteiger partial charge < -0.3 is 19.6 Å². The summed E-state index contributed by atoms with van der Waals surface area (Å²) in [5.74, 6) is -1.57. The number of anilines is 1. The normalized spacial score (nSPS) is 24.9. The van der Waals surface area contributed by atoms with Crippen molar-refractivity contribution in [2.45, 2.75) is 75.6 Å². The average Bonchev–Trinajstić information content (AvgIpc) is 3.58. The summed E-state index contributed by atoms with van der Waals surface area (Å²) in [4.78, 5) is 36.1. The molecule has 2 aromatic rings. The van der Waals surface area contributed by atoms with Crippen LogP contribution in [0.4, 0.5) is 37.1 Å². The topological polar surface area (TPSA) is 111 Å². The second kappa shape index (κ2) is 12.4. The highest BCUT2D eigenvalue weighted by Gasteiger charge is 2.43. The maximum atomic E-state index is 13.7.